The van der Waals surface area contributed by atoms with Gasteiger partial charge in [0.05, 0.1) is 23.9 Å². The van der Waals surface area contributed by atoms with Crippen molar-refractivity contribution in [3.8, 4) is 5.75 Å². The first kappa shape index (κ1) is 18.3. The number of aromatic nitrogens is 1. The second-order valence-corrected chi connectivity index (χ2v) is 7.29. The molecule has 5 nitrogen and oxygen atoms in total. The molecular weight excluding hydrogens is 352 g/mol. The number of ether oxygens (including phenoxy) is 1. The Bertz CT molecular complexity index is 1050. The van der Waals surface area contributed by atoms with Crippen molar-refractivity contribution in [1.82, 2.24) is 4.57 Å². The van der Waals surface area contributed by atoms with Crippen LogP contribution in [0.1, 0.15) is 41.7 Å². The highest BCUT2D eigenvalue weighted by Gasteiger charge is 2.26. The Morgan fingerprint density at radius 3 is 2.46 bits per heavy atom. The predicted octanol–water partition coefficient (Wildman–Crippen LogP) is 4.78. The van der Waals surface area contributed by atoms with E-state index in [9.17, 15) is 9.59 Å². The lowest BCUT2D eigenvalue weighted by molar-refractivity contribution is -0.119. The van der Waals surface area contributed by atoms with Gasteiger partial charge in [0.2, 0.25) is 5.91 Å². The van der Waals surface area contributed by atoms with Crippen LogP contribution in [0, 0.1) is 12.8 Å². The fraction of sp³-hybridized carbons (Fsp3) is 0.304. The first-order valence-electron chi connectivity index (χ1n) is 9.70. The Balaban J connectivity index is 1.80. The molecule has 1 fully saturated rings. The van der Waals surface area contributed by atoms with Gasteiger partial charge in [-0.3, -0.25) is 14.2 Å². The molecule has 0 unspecified atom stereocenters. The number of carbonyl (C=O) groups excluding carboxylic acids is 2. The van der Waals surface area contributed by atoms with Crippen LogP contribution >= 0.6 is 0 Å². The van der Waals surface area contributed by atoms with Gasteiger partial charge in [-0.05, 0) is 38.0 Å². The van der Waals surface area contributed by atoms with E-state index in [1.54, 1.807) is 23.8 Å². The molecule has 4 rings (SSSR count). The van der Waals surface area contributed by atoms with Crippen LogP contribution in [-0.2, 0) is 4.79 Å². The molecule has 1 aliphatic carbocycles. The van der Waals surface area contributed by atoms with Gasteiger partial charge >= 0.3 is 0 Å². The summed E-state index contributed by atoms with van der Waals surface area (Å²) in [5.41, 5.74) is 2.71. The van der Waals surface area contributed by atoms with E-state index in [1.165, 1.54) is 0 Å². The van der Waals surface area contributed by atoms with E-state index in [2.05, 4.69) is 5.32 Å². The Morgan fingerprint density at radius 1 is 1.04 bits per heavy atom. The van der Waals surface area contributed by atoms with Gasteiger partial charge in [-0.1, -0.05) is 43.2 Å². The zero-order valence-electron chi connectivity index (χ0n) is 16.2. The van der Waals surface area contributed by atoms with Crippen molar-refractivity contribution in [3.63, 3.8) is 0 Å². The number of fused-ring (bicyclic) bond motifs is 1. The molecule has 5 heteroatoms. The Kier molecular flexibility index (Phi) is 4.90. The molecule has 1 amide bonds. The lowest BCUT2D eigenvalue weighted by Gasteiger charge is -2.12. The third-order valence-electron chi connectivity index (χ3n) is 5.63. The summed E-state index contributed by atoms with van der Waals surface area (Å²) >= 11 is 0. The second kappa shape index (κ2) is 7.50. The SMILES string of the molecule is COc1ccccc1C(=O)n1c(C)c(NC(=O)C2CCCC2)c2ccccc21. The third kappa shape index (κ3) is 3.07. The third-order valence-corrected chi connectivity index (χ3v) is 5.63. The van der Waals surface area contributed by atoms with E-state index in [-0.39, 0.29) is 17.7 Å². The number of hydrogen-bond donors (Lipinski definition) is 1. The molecule has 1 aliphatic rings. The highest BCUT2D eigenvalue weighted by Crippen LogP contribution is 2.34. The average molecular weight is 376 g/mol. The second-order valence-electron chi connectivity index (χ2n) is 7.29. The highest BCUT2D eigenvalue weighted by atomic mass is 16.5. The van der Waals surface area contributed by atoms with Crippen LogP contribution in [0.25, 0.3) is 10.9 Å². The van der Waals surface area contributed by atoms with E-state index in [1.807, 2.05) is 43.3 Å². The number of para-hydroxylation sites is 2. The molecule has 1 heterocycles. The lowest BCUT2D eigenvalue weighted by atomic mass is 10.1. The maximum atomic E-state index is 13.4. The summed E-state index contributed by atoms with van der Waals surface area (Å²) < 4.78 is 7.04. The molecule has 1 aromatic heterocycles. The van der Waals surface area contributed by atoms with Crippen LogP contribution in [0.3, 0.4) is 0 Å². The average Bonchev–Trinajstić information content (AvgIpc) is 3.35. The van der Waals surface area contributed by atoms with Gasteiger partial charge in [0.25, 0.3) is 5.91 Å². The summed E-state index contributed by atoms with van der Waals surface area (Å²) in [5, 5.41) is 3.98. The predicted molar refractivity (Wildman–Crippen MR) is 110 cm³/mol. The van der Waals surface area contributed by atoms with Crippen molar-refractivity contribution in [1.29, 1.82) is 0 Å². The molecule has 3 aromatic rings. The first-order valence-corrected chi connectivity index (χ1v) is 9.70. The summed E-state index contributed by atoms with van der Waals surface area (Å²) in [4.78, 5) is 26.1. The molecular formula is C23H24N2O3. The molecule has 0 saturated heterocycles. The minimum absolute atomic E-state index is 0.0493. The first-order chi connectivity index (χ1) is 13.6. The van der Waals surface area contributed by atoms with Crippen molar-refractivity contribution in [3.05, 3.63) is 59.8 Å². The van der Waals surface area contributed by atoms with Crippen molar-refractivity contribution in [2.75, 3.05) is 12.4 Å². The lowest BCUT2D eigenvalue weighted by Crippen LogP contribution is -2.21. The van der Waals surface area contributed by atoms with Crippen LogP contribution in [0.2, 0.25) is 0 Å². The van der Waals surface area contributed by atoms with Crippen molar-refractivity contribution >= 4 is 28.4 Å². The summed E-state index contributed by atoms with van der Waals surface area (Å²) in [5.74, 6) is 0.466. The summed E-state index contributed by atoms with van der Waals surface area (Å²) in [7, 11) is 1.56. The Hall–Kier alpha value is -3.08. The van der Waals surface area contributed by atoms with Crippen LogP contribution < -0.4 is 10.1 Å². The van der Waals surface area contributed by atoms with E-state index in [4.69, 9.17) is 4.74 Å². The molecule has 0 bridgehead atoms. The minimum Gasteiger partial charge on any atom is -0.496 e. The number of hydrogen-bond acceptors (Lipinski definition) is 3. The number of carbonyl (C=O) groups is 2. The van der Waals surface area contributed by atoms with Gasteiger partial charge in [0, 0.05) is 17.0 Å². The topological polar surface area (TPSA) is 60.3 Å². The molecule has 144 valence electrons. The number of nitrogens with zero attached hydrogens (tertiary/aromatic N) is 1. The van der Waals surface area contributed by atoms with Crippen LogP contribution in [0.15, 0.2) is 48.5 Å². The van der Waals surface area contributed by atoms with Gasteiger partial charge in [-0.2, -0.15) is 0 Å². The van der Waals surface area contributed by atoms with Gasteiger partial charge in [0.1, 0.15) is 5.75 Å². The Labute approximate surface area is 164 Å². The molecule has 0 spiro atoms. The molecule has 0 atom stereocenters. The van der Waals surface area contributed by atoms with Gasteiger partial charge in [-0.15, -0.1) is 0 Å². The summed E-state index contributed by atoms with van der Waals surface area (Å²) in [6.45, 7) is 1.87. The number of amides is 1. The highest BCUT2D eigenvalue weighted by molar-refractivity contribution is 6.11. The van der Waals surface area contributed by atoms with E-state index < -0.39 is 0 Å². The molecule has 0 aliphatic heterocycles. The zero-order chi connectivity index (χ0) is 19.7. The van der Waals surface area contributed by atoms with Crippen molar-refractivity contribution in [2.45, 2.75) is 32.6 Å². The van der Waals surface area contributed by atoms with Crippen LogP contribution in [0.5, 0.6) is 5.75 Å². The van der Waals surface area contributed by atoms with E-state index in [0.717, 1.165) is 48.0 Å². The van der Waals surface area contributed by atoms with Gasteiger partial charge < -0.3 is 10.1 Å². The van der Waals surface area contributed by atoms with Gasteiger partial charge in [-0.25, -0.2) is 0 Å². The maximum absolute atomic E-state index is 13.4. The minimum atomic E-state index is -0.174. The van der Waals surface area contributed by atoms with E-state index >= 15 is 0 Å². The van der Waals surface area contributed by atoms with Crippen molar-refractivity contribution in [2.24, 2.45) is 5.92 Å². The van der Waals surface area contributed by atoms with Crippen molar-refractivity contribution < 1.29 is 14.3 Å². The summed E-state index contributed by atoms with van der Waals surface area (Å²) in [6, 6.07) is 14.9. The smallest absolute Gasteiger partial charge is 0.266 e. The van der Waals surface area contributed by atoms with E-state index in [0.29, 0.717) is 11.3 Å². The van der Waals surface area contributed by atoms with Crippen LogP contribution in [-0.4, -0.2) is 23.5 Å². The number of nitrogens with one attached hydrogen (secondary N) is 1. The maximum Gasteiger partial charge on any atom is 0.266 e. The standard InChI is InChI=1S/C23H24N2O3/c1-15-21(24-22(26)16-9-3-4-10-16)17-11-5-7-13-19(17)25(15)23(27)18-12-6-8-14-20(18)28-2/h5-8,11-14,16H,3-4,9-10H2,1-2H3,(H,24,26). The fourth-order valence-corrected chi connectivity index (χ4v) is 4.14. The molecule has 1 N–H and O–H groups in total. The molecule has 2 aromatic carbocycles. The number of benzene rings is 2. The molecule has 28 heavy (non-hydrogen) atoms. The quantitative estimate of drug-likeness (QED) is 0.713. The monoisotopic (exact) mass is 376 g/mol. The largest absolute Gasteiger partial charge is 0.496 e. The number of methoxy groups -OCH3 is 1. The fourth-order valence-electron chi connectivity index (χ4n) is 4.14. The summed E-state index contributed by atoms with van der Waals surface area (Å²) in [6.07, 6.45) is 4.07. The van der Waals surface area contributed by atoms with Crippen LogP contribution in [0.4, 0.5) is 5.69 Å². The zero-order valence-corrected chi connectivity index (χ0v) is 16.2. The number of rotatable bonds is 4. The number of anilines is 1. The van der Waals surface area contributed by atoms with Gasteiger partial charge in [0.15, 0.2) is 0 Å². The molecule has 0 radical (unpaired) electrons. The molecule has 1 saturated carbocycles. The Morgan fingerprint density at radius 2 is 1.71 bits per heavy atom. The normalized spacial score (nSPS) is 14.4.